The van der Waals surface area contributed by atoms with Crippen LogP contribution in [0, 0.1) is 0 Å². The number of benzene rings is 1. The van der Waals surface area contributed by atoms with E-state index >= 15 is 0 Å². The van der Waals surface area contributed by atoms with Crippen LogP contribution in [0.25, 0.3) is 0 Å². The Kier molecular flexibility index (Phi) is 3.81. The molecule has 126 valence electrons. The molecule has 1 aliphatic heterocycles. The molecule has 2 aromatic heterocycles. The van der Waals surface area contributed by atoms with Crippen molar-refractivity contribution in [3.63, 3.8) is 0 Å². The number of hydrazone groups is 1. The van der Waals surface area contributed by atoms with Gasteiger partial charge in [0, 0.05) is 6.20 Å². The maximum Gasteiger partial charge on any atom is 0.296 e. The number of rotatable bonds is 4. The van der Waals surface area contributed by atoms with E-state index in [9.17, 15) is 8.42 Å². The van der Waals surface area contributed by atoms with Crippen LogP contribution in [0.2, 0.25) is 0 Å². The van der Waals surface area contributed by atoms with Gasteiger partial charge in [-0.05, 0) is 17.7 Å². The lowest BCUT2D eigenvalue weighted by atomic mass is 9.93. The van der Waals surface area contributed by atoms with E-state index in [2.05, 4.69) is 20.1 Å². The first-order valence-corrected chi connectivity index (χ1v) is 9.16. The minimum Gasteiger partial charge on any atom is -0.334 e. The predicted octanol–water partition coefficient (Wildman–Crippen LogP) is 2.00. The summed E-state index contributed by atoms with van der Waals surface area (Å²) in [7, 11) is -3.78. The van der Waals surface area contributed by atoms with Crippen LogP contribution in [-0.4, -0.2) is 40.0 Å². The fourth-order valence-electron chi connectivity index (χ4n) is 2.82. The molecule has 4 rings (SSSR count). The topological polar surface area (TPSA) is 91.3 Å². The number of H-pyrrole nitrogens is 1. The Morgan fingerprint density at radius 3 is 2.56 bits per heavy atom. The number of nitrogens with zero attached hydrogens (tertiary/aromatic N) is 4. The zero-order chi connectivity index (χ0) is 17.3. The third kappa shape index (κ3) is 2.80. The molecule has 0 fully saturated rings. The second-order valence-electron chi connectivity index (χ2n) is 5.59. The van der Waals surface area contributed by atoms with Gasteiger partial charge in [0.25, 0.3) is 10.0 Å². The normalized spacial score (nSPS) is 17.5. The first-order valence-electron chi connectivity index (χ1n) is 7.72. The highest BCUT2D eigenvalue weighted by Gasteiger charge is 2.37. The van der Waals surface area contributed by atoms with E-state index in [4.69, 9.17) is 0 Å². The summed E-state index contributed by atoms with van der Waals surface area (Å²) in [6.45, 7) is 0.220. The molecular weight excluding hydrogens is 338 g/mol. The molecule has 0 spiro atoms. The summed E-state index contributed by atoms with van der Waals surface area (Å²) < 4.78 is 26.7. The van der Waals surface area contributed by atoms with Crippen molar-refractivity contribution >= 4 is 15.7 Å². The SMILES string of the molecule is O=S(=O)(c1cnc[nH]1)N1CC(c2ccccc2)C(c2ccccn2)=N1. The minimum atomic E-state index is -3.78. The van der Waals surface area contributed by atoms with Gasteiger partial charge in [0.1, 0.15) is 0 Å². The van der Waals surface area contributed by atoms with E-state index in [1.807, 2.05) is 48.5 Å². The Balaban J connectivity index is 1.78. The number of imidazole rings is 1. The summed E-state index contributed by atoms with van der Waals surface area (Å²) in [6, 6.07) is 15.2. The third-order valence-corrected chi connectivity index (χ3v) is 5.61. The van der Waals surface area contributed by atoms with Gasteiger partial charge in [0.2, 0.25) is 0 Å². The number of hydrogen-bond acceptors (Lipinski definition) is 5. The molecule has 3 aromatic rings. The van der Waals surface area contributed by atoms with Crippen molar-refractivity contribution in [1.82, 2.24) is 19.4 Å². The molecule has 1 unspecified atom stereocenters. The second kappa shape index (κ2) is 6.14. The van der Waals surface area contributed by atoms with Crippen molar-refractivity contribution in [2.45, 2.75) is 10.9 Å². The molecule has 0 bridgehead atoms. The highest BCUT2D eigenvalue weighted by molar-refractivity contribution is 7.89. The van der Waals surface area contributed by atoms with Gasteiger partial charge in [-0.3, -0.25) is 4.98 Å². The first-order chi connectivity index (χ1) is 12.2. The molecule has 1 N–H and O–H groups in total. The molecule has 1 atom stereocenters. The molecule has 25 heavy (non-hydrogen) atoms. The Labute approximate surface area is 145 Å². The second-order valence-corrected chi connectivity index (χ2v) is 7.40. The molecule has 0 amide bonds. The van der Waals surface area contributed by atoms with Gasteiger partial charge in [-0.2, -0.15) is 17.9 Å². The van der Waals surface area contributed by atoms with Crippen molar-refractivity contribution in [2.24, 2.45) is 5.10 Å². The van der Waals surface area contributed by atoms with Crippen molar-refractivity contribution in [3.05, 3.63) is 78.5 Å². The van der Waals surface area contributed by atoms with Crippen molar-refractivity contribution < 1.29 is 8.42 Å². The first kappa shape index (κ1) is 15.5. The van der Waals surface area contributed by atoms with Crippen LogP contribution in [0.5, 0.6) is 0 Å². The van der Waals surface area contributed by atoms with E-state index in [0.29, 0.717) is 11.4 Å². The molecule has 0 saturated heterocycles. The fourth-order valence-corrected chi connectivity index (χ4v) is 3.98. The summed E-state index contributed by atoms with van der Waals surface area (Å²) in [4.78, 5) is 10.8. The maximum atomic E-state index is 12.8. The Morgan fingerprint density at radius 2 is 1.88 bits per heavy atom. The van der Waals surface area contributed by atoms with Gasteiger partial charge in [-0.1, -0.05) is 36.4 Å². The van der Waals surface area contributed by atoms with Gasteiger partial charge in [-0.25, -0.2) is 4.98 Å². The number of aromatic nitrogens is 3. The van der Waals surface area contributed by atoms with Gasteiger partial charge < -0.3 is 4.98 Å². The van der Waals surface area contributed by atoms with Crippen molar-refractivity contribution in [3.8, 4) is 0 Å². The molecule has 1 aromatic carbocycles. The van der Waals surface area contributed by atoms with Crippen LogP contribution in [0.1, 0.15) is 17.2 Å². The van der Waals surface area contributed by atoms with E-state index in [0.717, 1.165) is 9.98 Å². The maximum absolute atomic E-state index is 12.8. The lowest BCUT2D eigenvalue weighted by Gasteiger charge is -2.15. The molecule has 3 heterocycles. The molecule has 0 radical (unpaired) electrons. The predicted molar refractivity (Wildman–Crippen MR) is 92.4 cm³/mol. The summed E-state index contributed by atoms with van der Waals surface area (Å²) >= 11 is 0. The fraction of sp³-hybridized carbons (Fsp3) is 0.118. The van der Waals surface area contributed by atoms with Crippen molar-refractivity contribution in [1.29, 1.82) is 0 Å². The van der Waals surface area contributed by atoms with Gasteiger partial charge in [0.05, 0.1) is 36.4 Å². The van der Waals surface area contributed by atoms with E-state index < -0.39 is 10.0 Å². The van der Waals surface area contributed by atoms with Crippen LogP contribution in [0.3, 0.4) is 0 Å². The van der Waals surface area contributed by atoms with E-state index in [-0.39, 0.29) is 17.5 Å². The summed E-state index contributed by atoms with van der Waals surface area (Å²) in [6.07, 6.45) is 4.29. The quantitative estimate of drug-likeness (QED) is 0.776. The zero-order valence-corrected chi connectivity index (χ0v) is 14.0. The van der Waals surface area contributed by atoms with Crippen LogP contribution >= 0.6 is 0 Å². The molecular formula is C17H15N5O2S. The van der Waals surface area contributed by atoms with Gasteiger partial charge in [0.15, 0.2) is 5.03 Å². The molecule has 7 nitrogen and oxygen atoms in total. The largest absolute Gasteiger partial charge is 0.334 e. The monoisotopic (exact) mass is 353 g/mol. The number of pyridine rings is 1. The van der Waals surface area contributed by atoms with E-state index in [1.54, 1.807) is 6.20 Å². The lowest BCUT2D eigenvalue weighted by Crippen LogP contribution is -2.26. The average Bonchev–Trinajstić information content (AvgIpc) is 3.34. The van der Waals surface area contributed by atoms with Gasteiger partial charge in [-0.15, -0.1) is 0 Å². The smallest absolute Gasteiger partial charge is 0.296 e. The number of sulfonamides is 1. The summed E-state index contributed by atoms with van der Waals surface area (Å²) in [5, 5.41) is 4.41. The standard InChI is InChI=1S/C17H15N5O2S/c23-25(24,16-10-18-12-20-16)22-11-14(13-6-2-1-3-7-13)17(21-22)15-8-4-5-9-19-15/h1-10,12,14H,11H2,(H,18,20). The summed E-state index contributed by atoms with van der Waals surface area (Å²) in [5.41, 5.74) is 2.29. The third-order valence-electron chi connectivity index (χ3n) is 4.05. The van der Waals surface area contributed by atoms with Crippen LogP contribution in [0.4, 0.5) is 0 Å². The van der Waals surface area contributed by atoms with Crippen LogP contribution < -0.4 is 0 Å². The summed E-state index contributed by atoms with van der Waals surface area (Å²) in [5.74, 6) is -0.186. The van der Waals surface area contributed by atoms with Crippen LogP contribution in [-0.2, 0) is 10.0 Å². The van der Waals surface area contributed by atoms with Crippen LogP contribution in [0.15, 0.2) is 77.4 Å². The minimum absolute atomic E-state index is 0.0188. The Morgan fingerprint density at radius 1 is 1.08 bits per heavy atom. The zero-order valence-electron chi connectivity index (χ0n) is 13.1. The molecule has 8 heteroatoms. The Bertz CT molecular complexity index is 986. The molecule has 0 saturated carbocycles. The lowest BCUT2D eigenvalue weighted by molar-refractivity contribution is 0.449. The average molecular weight is 353 g/mol. The highest BCUT2D eigenvalue weighted by Crippen LogP contribution is 2.31. The van der Waals surface area contributed by atoms with E-state index in [1.165, 1.54) is 12.5 Å². The number of nitrogens with one attached hydrogen (secondary N) is 1. The number of aromatic amines is 1. The molecule has 1 aliphatic rings. The molecule has 0 aliphatic carbocycles. The Hall–Kier alpha value is -3.00. The number of hydrogen-bond donors (Lipinski definition) is 1. The van der Waals surface area contributed by atoms with Crippen molar-refractivity contribution in [2.75, 3.05) is 6.54 Å². The highest BCUT2D eigenvalue weighted by atomic mass is 32.2. The van der Waals surface area contributed by atoms with Gasteiger partial charge >= 0.3 is 0 Å².